The highest BCUT2D eigenvalue weighted by atomic mass is 31.2. The number of benzene rings is 5. The first-order valence-corrected chi connectivity index (χ1v) is 14.0. The quantitative estimate of drug-likeness (QED) is 0.134. The van der Waals surface area contributed by atoms with Gasteiger partial charge in [0.1, 0.15) is 5.42 Å². The Bertz CT molecular complexity index is 1460. The normalized spacial score (nSPS) is 11.4. The van der Waals surface area contributed by atoms with E-state index in [0.29, 0.717) is 16.7 Å². The van der Waals surface area contributed by atoms with Crippen LogP contribution in [-0.2, 0) is 0 Å². The van der Waals surface area contributed by atoms with Crippen LogP contribution in [0.3, 0.4) is 0 Å². The maximum Gasteiger partial charge on any atom is 0.214 e. The maximum absolute atomic E-state index is 14.4. The van der Waals surface area contributed by atoms with Crippen LogP contribution in [0.1, 0.15) is 15.9 Å². The molecule has 0 heterocycles. The summed E-state index contributed by atoms with van der Waals surface area (Å²) in [6.45, 7) is -0.689. The highest BCUT2D eigenvalue weighted by molar-refractivity contribution is 7.96. The number of azo groups is 1. The monoisotopic (exact) mass is 498 g/mol. The molecule has 0 aliphatic carbocycles. The van der Waals surface area contributed by atoms with Gasteiger partial charge in [-0.2, -0.15) is 5.11 Å². The SMILES string of the molecule is Cc1ccc(N=NC(C(=O)c2ccccc2)=P(c2ccccc2)(c2ccccc2)c2ccccc2)cc1. The third-order valence-corrected chi connectivity index (χ3v) is 10.4. The average Bonchev–Trinajstić information content (AvgIpc) is 2.98. The van der Waals surface area contributed by atoms with Crippen molar-refractivity contribution in [3.63, 3.8) is 0 Å². The number of hydrogen-bond acceptors (Lipinski definition) is 2. The number of rotatable bonds is 7. The van der Waals surface area contributed by atoms with Crippen LogP contribution in [0.15, 0.2) is 156 Å². The lowest BCUT2D eigenvalue weighted by Crippen LogP contribution is -2.32. The van der Waals surface area contributed by atoms with Crippen molar-refractivity contribution in [2.75, 3.05) is 0 Å². The predicted molar refractivity (Wildman–Crippen MR) is 157 cm³/mol. The smallest absolute Gasteiger partial charge is 0.214 e. The molecule has 0 N–H and O–H groups in total. The summed E-state index contributed by atoms with van der Waals surface area (Å²) in [5.41, 5.74) is 2.88. The van der Waals surface area contributed by atoms with Crippen LogP contribution in [0.5, 0.6) is 0 Å². The topological polar surface area (TPSA) is 41.8 Å². The third-order valence-electron chi connectivity index (χ3n) is 6.28. The zero-order chi connectivity index (χ0) is 25.5. The molecule has 3 nitrogen and oxygen atoms in total. The molecular formula is C33H27N2OP. The van der Waals surface area contributed by atoms with Crippen molar-refractivity contribution in [2.45, 2.75) is 6.92 Å². The zero-order valence-electron chi connectivity index (χ0n) is 20.6. The van der Waals surface area contributed by atoms with Gasteiger partial charge >= 0.3 is 0 Å². The number of aryl methyl sites for hydroxylation is 1. The first kappa shape index (κ1) is 24.4. The Kier molecular flexibility index (Phi) is 7.35. The molecular weight excluding hydrogens is 471 g/mol. The van der Waals surface area contributed by atoms with E-state index in [1.54, 1.807) is 0 Å². The van der Waals surface area contributed by atoms with Crippen LogP contribution in [0.25, 0.3) is 0 Å². The molecule has 5 aromatic rings. The van der Waals surface area contributed by atoms with Crippen LogP contribution in [0.2, 0.25) is 0 Å². The van der Waals surface area contributed by atoms with Gasteiger partial charge in [0, 0.05) is 12.4 Å². The van der Waals surface area contributed by atoms with Gasteiger partial charge in [-0.25, -0.2) is 0 Å². The lowest BCUT2D eigenvalue weighted by Gasteiger charge is -2.30. The fourth-order valence-electron chi connectivity index (χ4n) is 4.47. The van der Waals surface area contributed by atoms with Crippen LogP contribution in [-0.4, -0.2) is 11.2 Å². The fourth-order valence-corrected chi connectivity index (χ4v) is 8.57. The van der Waals surface area contributed by atoms with E-state index in [4.69, 9.17) is 5.11 Å². The second kappa shape index (κ2) is 11.2. The molecule has 0 saturated carbocycles. The molecule has 4 heteroatoms. The van der Waals surface area contributed by atoms with Crippen molar-refractivity contribution >= 4 is 39.7 Å². The minimum Gasteiger partial charge on any atom is -0.287 e. The summed E-state index contributed by atoms with van der Waals surface area (Å²) in [4.78, 5) is 14.4. The number of carbonyl (C=O) groups excluding carboxylic acids is 1. The lowest BCUT2D eigenvalue weighted by molar-refractivity contribution is 0.106. The molecule has 0 aliphatic rings. The Labute approximate surface area is 218 Å². The van der Waals surface area contributed by atoms with E-state index in [0.717, 1.165) is 21.5 Å². The van der Waals surface area contributed by atoms with Crippen molar-refractivity contribution in [1.82, 2.24) is 0 Å². The summed E-state index contributed by atoms with van der Waals surface area (Å²) in [6.07, 6.45) is 0. The maximum atomic E-state index is 14.4. The first-order valence-electron chi connectivity index (χ1n) is 12.2. The minimum atomic E-state index is -2.72. The van der Waals surface area contributed by atoms with Gasteiger partial charge in [0.2, 0.25) is 5.78 Å². The Balaban J connectivity index is 1.95. The number of nitrogens with zero attached hydrogens (tertiary/aromatic N) is 2. The van der Waals surface area contributed by atoms with E-state index < -0.39 is 6.89 Å². The zero-order valence-corrected chi connectivity index (χ0v) is 21.5. The van der Waals surface area contributed by atoms with Gasteiger partial charge in [0.05, 0.1) is 5.69 Å². The van der Waals surface area contributed by atoms with E-state index in [9.17, 15) is 4.79 Å². The van der Waals surface area contributed by atoms with Gasteiger partial charge in [-0.05, 0) is 35.0 Å². The second-order valence-electron chi connectivity index (χ2n) is 8.73. The largest absolute Gasteiger partial charge is 0.287 e. The van der Waals surface area contributed by atoms with Gasteiger partial charge in [-0.1, -0.05) is 139 Å². The second-order valence-corrected chi connectivity index (χ2v) is 12.0. The molecule has 0 saturated heterocycles. The first-order chi connectivity index (χ1) is 18.2. The fraction of sp³-hybridized carbons (Fsp3) is 0.0303. The molecule has 0 fully saturated rings. The number of ketones is 1. The van der Waals surface area contributed by atoms with Gasteiger partial charge < -0.3 is 0 Å². The van der Waals surface area contributed by atoms with Crippen molar-refractivity contribution in [1.29, 1.82) is 0 Å². The Morgan fingerprint density at radius 3 is 1.38 bits per heavy atom. The molecule has 0 spiro atoms. The molecule has 5 aromatic carbocycles. The molecule has 0 atom stereocenters. The van der Waals surface area contributed by atoms with Gasteiger partial charge in [-0.15, -0.1) is 5.11 Å². The molecule has 0 amide bonds. The summed E-state index contributed by atoms with van der Waals surface area (Å²) in [5.74, 6) is -0.124. The number of carbonyl (C=O) groups is 1. The van der Waals surface area contributed by atoms with E-state index in [1.807, 2.05) is 116 Å². The number of Topliss-reactive ketones (excluding diaryl/α,β-unsaturated/α-hetero) is 1. The predicted octanol–water partition coefficient (Wildman–Crippen LogP) is 7.09. The molecule has 5 rings (SSSR count). The molecule has 0 aliphatic heterocycles. The summed E-state index contributed by atoms with van der Waals surface area (Å²) in [7, 11) is 0. The summed E-state index contributed by atoms with van der Waals surface area (Å²) >= 11 is 0. The summed E-state index contributed by atoms with van der Waals surface area (Å²) in [5, 5.41) is 12.6. The third kappa shape index (κ3) is 5.00. The highest BCUT2D eigenvalue weighted by Crippen LogP contribution is 2.47. The lowest BCUT2D eigenvalue weighted by atomic mass is 10.1. The van der Waals surface area contributed by atoms with Crippen molar-refractivity contribution in [2.24, 2.45) is 10.2 Å². The molecule has 0 radical (unpaired) electrons. The van der Waals surface area contributed by atoms with E-state index in [1.165, 1.54) is 0 Å². The van der Waals surface area contributed by atoms with Crippen LogP contribution in [0.4, 0.5) is 5.69 Å². The molecule has 37 heavy (non-hydrogen) atoms. The van der Waals surface area contributed by atoms with Crippen LogP contribution < -0.4 is 15.9 Å². The Hall–Kier alpha value is -4.33. The van der Waals surface area contributed by atoms with Crippen molar-refractivity contribution in [3.8, 4) is 0 Å². The van der Waals surface area contributed by atoms with Gasteiger partial charge in [-0.3, -0.25) is 4.79 Å². The summed E-state index contributed by atoms with van der Waals surface area (Å²) < 4.78 is 0. The van der Waals surface area contributed by atoms with E-state index in [-0.39, 0.29) is 5.78 Å². The standard InChI is InChI=1S/C33H27N2OP/c1-26-22-24-28(25-23-26)34-35-33(32(36)27-14-6-2-7-15-27)37(29-16-8-3-9-17-29,30-18-10-4-11-19-30)31-20-12-5-13-21-31/h2-25H,1H3. The van der Waals surface area contributed by atoms with Crippen molar-refractivity contribution < 1.29 is 4.79 Å². The molecule has 0 aromatic heterocycles. The van der Waals surface area contributed by atoms with E-state index in [2.05, 4.69) is 41.5 Å². The molecule has 0 bridgehead atoms. The Morgan fingerprint density at radius 1 is 0.541 bits per heavy atom. The van der Waals surface area contributed by atoms with E-state index >= 15 is 0 Å². The van der Waals surface area contributed by atoms with Crippen LogP contribution in [0, 0.1) is 6.92 Å². The van der Waals surface area contributed by atoms with Gasteiger partial charge in [0.25, 0.3) is 0 Å². The van der Waals surface area contributed by atoms with Gasteiger partial charge in [0.15, 0.2) is 0 Å². The Morgan fingerprint density at radius 2 is 0.946 bits per heavy atom. The summed E-state index contributed by atoms with van der Waals surface area (Å²) in [6, 6.07) is 48.0. The minimum absolute atomic E-state index is 0.124. The molecule has 180 valence electrons. The highest BCUT2D eigenvalue weighted by Gasteiger charge is 2.34. The number of hydrogen-bond donors (Lipinski definition) is 0. The average molecular weight is 499 g/mol. The van der Waals surface area contributed by atoms with Crippen LogP contribution >= 0.6 is 6.89 Å². The van der Waals surface area contributed by atoms with Crippen molar-refractivity contribution in [3.05, 3.63) is 157 Å². The molecule has 0 unspecified atom stereocenters.